The number of ether oxygens (including phenoxy) is 1. The Hall–Kier alpha value is -1.75. The zero-order chi connectivity index (χ0) is 15.9. The van der Waals surface area contributed by atoms with Gasteiger partial charge < -0.3 is 4.74 Å². The smallest absolute Gasteiger partial charge is 0.330 e. The van der Waals surface area contributed by atoms with Crippen LogP contribution < -0.4 is 0 Å². The van der Waals surface area contributed by atoms with Crippen molar-refractivity contribution in [1.29, 1.82) is 0 Å². The molecule has 5 heteroatoms. The van der Waals surface area contributed by atoms with Crippen molar-refractivity contribution in [3.05, 3.63) is 41.5 Å². The van der Waals surface area contributed by atoms with E-state index in [2.05, 4.69) is 4.40 Å². The molecule has 1 rings (SSSR count). The molecular weight excluding hydrogens is 286 g/mol. The molecule has 0 amide bonds. The number of rotatable bonds is 5. The Bertz CT molecular complexity index is 571. The van der Waals surface area contributed by atoms with E-state index in [0.29, 0.717) is 6.61 Å². The van der Waals surface area contributed by atoms with Crippen LogP contribution in [-0.4, -0.2) is 27.7 Å². The molecule has 0 aromatic heterocycles. The van der Waals surface area contributed by atoms with Gasteiger partial charge in [0.2, 0.25) is 0 Å². The lowest BCUT2D eigenvalue weighted by Gasteiger charge is -2.12. The first-order valence-corrected chi connectivity index (χ1v) is 7.85. The second-order valence-corrected chi connectivity index (χ2v) is 7.24. The summed E-state index contributed by atoms with van der Waals surface area (Å²) >= 11 is 0. The van der Waals surface area contributed by atoms with E-state index in [1.54, 1.807) is 19.2 Å². The molecule has 0 radical (unpaired) electrons. The molecule has 1 unspecified atom stereocenters. The van der Waals surface area contributed by atoms with E-state index in [4.69, 9.17) is 4.74 Å². The third-order valence-electron chi connectivity index (χ3n) is 2.49. The number of esters is 1. The van der Waals surface area contributed by atoms with Crippen LogP contribution in [0, 0.1) is 0 Å². The Balaban J connectivity index is 2.92. The summed E-state index contributed by atoms with van der Waals surface area (Å²) in [7, 11) is -1.31. The van der Waals surface area contributed by atoms with Gasteiger partial charge in [0.15, 0.2) is 0 Å². The van der Waals surface area contributed by atoms with Crippen molar-refractivity contribution in [2.75, 3.05) is 6.61 Å². The standard InChI is InChI=1S/C16H21NO3S/c1-5-20-15(18)11-10-13-8-6-7-9-14(13)12-17-21(19)16(2,3)4/h6-12H,5H2,1-4H3/b11-10+,17-12+. The van der Waals surface area contributed by atoms with Crippen LogP contribution in [0.5, 0.6) is 0 Å². The monoisotopic (exact) mass is 307 g/mol. The first-order valence-electron chi connectivity index (χ1n) is 6.74. The van der Waals surface area contributed by atoms with Gasteiger partial charge in [-0.25, -0.2) is 9.00 Å². The van der Waals surface area contributed by atoms with E-state index >= 15 is 0 Å². The highest BCUT2D eigenvalue weighted by Gasteiger charge is 2.18. The van der Waals surface area contributed by atoms with Crippen LogP contribution in [0.25, 0.3) is 6.08 Å². The van der Waals surface area contributed by atoms with Gasteiger partial charge in [0.25, 0.3) is 0 Å². The summed E-state index contributed by atoms with van der Waals surface area (Å²) in [4.78, 5) is 11.3. The van der Waals surface area contributed by atoms with Crippen molar-refractivity contribution in [2.45, 2.75) is 32.4 Å². The minimum atomic E-state index is -1.31. The summed E-state index contributed by atoms with van der Waals surface area (Å²) in [6.45, 7) is 7.71. The molecule has 4 nitrogen and oxygen atoms in total. The average molecular weight is 307 g/mol. The van der Waals surface area contributed by atoms with Crippen LogP contribution in [0.3, 0.4) is 0 Å². The first-order chi connectivity index (χ1) is 9.84. The number of carbonyl (C=O) groups is 1. The number of hydrogen-bond donors (Lipinski definition) is 0. The molecule has 0 N–H and O–H groups in total. The fourth-order valence-corrected chi connectivity index (χ4v) is 1.92. The highest BCUT2D eigenvalue weighted by atomic mass is 32.2. The van der Waals surface area contributed by atoms with Crippen LogP contribution in [-0.2, 0) is 20.5 Å². The molecule has 0 fully saturated rings. The summed E-state index contributed by atoms with van der Waals surface area (Å²) in [5, 5.41) is 0. The molecule has 0 spiro atoms. The summed E-state index contributed by atoms with van der Waals surface area (Å²) in [5.41, 5.74) is 1.62. The van der Waals surface area contributed by atoms with E-state index in [0.717, 1.165) is 11.1 Å². The van der Waals surface area contributed by atoms with Gasteiger partial charge in [0, 0.05) is 17.9 Å². The second-order valence-electron chi connectivity index (χ2n) is 5.31. The largest absolute Gasteiger partial charge is 0.463 e. The maximum Gasteiger partial charge on any atom is 0.330 e. The molecule has 0 aliphatic rings. The van der Waals surface area contributed by atoms with Crippen LogP contribution >= 0.6 is 0 Å². The Morgan fingerprint density at radius 2 is 1.90 bits per heavy atom. The van der Waals surface area contributed by atoms with Crippen LogP contribution in [0.2, 0.25) is 0 Å². The summed E-state index contributed by atoms with van der Waals surface area (Å²) in [5.74, 6) is -0.387. The van der Waals surface area contributed by atoms with Crippen molar-refractivity contribution in [3.63, 3.8) is 0 Å². The number of benzene rings is 1. The molecule has 0 saturated heterocycles. The molecule has 1 aromatic carbocycles. The van der Waals surface area contributed by atoms with Gasteiger partial charge in [-0.1, -0.05) is 24.3 Å². The molecule has 1 aromatic rings. The van der Waals surface area contributed by atoms with Crippen molar-refractivity contribution in [1.82, 2.24) is 0 Å². The Kier molecular flexibility index (Phi) is 6.49. The van der Waals surface area contributed by atoms with Crippen LogP contribution in [0.1, 0.15) is 38.8 Å². The second kappa shape index (κ2) is 7.88. The van der Waals surface area contributed by atoms with Gasteiger partial charge in [-0.15, -0.1) is 0 Å². The highest BCUT2D eigenvalue weighted by molar-refractivity contribution is 7.85. The predicted molar refractivity (Wildman–Crippen MR) is 87.6 cm³/mol. The van der Waals surface area contributed by atoms with Crippen molar-refractivity contribution < 1.29 is 13.7 Å². The van der Waals surface area contributed by atoms with Crippen molar-refractivity contribution in [3.8, 4) is 0 Å². The molecule has 21 heavy (non-hydrogen) atoms. The molecule has 114 valence electrons. The van der Waals surface area contributed by atoms with Crippen LogP contribution in [0.4, 0.5) is 0 Å². The zero-order valence-electron chi connectivity index (χ0n) is 12.8. The van der Waals surface area contributed by atoms with E-state index in [-0.39, 0.29) is 5.97 Å². The Labute approximate surface area is 128 Å². The number of hydrogen-bond acceptors (Lipinski definition) is 3. The molecule has 0 aliphatic carbocycles. The van der Waals surface area contributed by atoms with Gasteiger partial charge in [-0.05, 0) is 39.3 Å². The third-order valence-corrected chi connectivity index (χ3v) is 3.84. The molecule has 0 bridgehead atoms. The maximum atomic E-state index is 11.9. The van der Waals surface area contributed by atoms with Gasteiger partial charge in [-0.2, -0.15) is 4.40 Å². The predicted octanol–water partition coefficient (Wildman–Crippen LogP) is 3.14. The quantitative estimate of drug-likeness (QED) is 0.477. The van der Waals surface area contributed by atoms with E-state index in [1.165, 1.54) is 6.08 Å². The minimum absolute atomic E-state index is 0.344. The van der Waals surface area contributed by atoms with Crippen molar-refractivity contribution in [2.24, 2.45) is 4.40 Å². The van der Waals surface area contributed by atoms with Crippen LogP contribution in [0.15, 0.2) is 34.7 Å². The summed E-state index contributed by atoms with van der Waals surface area (Å²) in [6, 6.07) is 7.44. The summed E-state index contributed by atoms with van der Waals surface area (Å²) in [6.07, 6.45) is 4.61. The average Bonchev–Trinajstić information content (AvgIpc) is 2.42. The molecule has 0 aliphatic heterocycles. The lowest BCUT2D eigenvalue weighted by Crippen LogP contribution is -2.19. The van der Waals surface area contributed by atoms with Gasteiger partial charge >= 0.3 is 5.97 Å². The lowest BCUT2D eigenvalue weighted by atomic mass is 10.1. The summed E-state index contributed by atoms with van der Waals surface area (Å²) < 4.78 is 20.5. The fourth-order valence-electron chi connectivity index (χ4n) is 1.39. The third kappa shape index (κ3) is 6.04. The van der Waals surface area contributed by atoms with Gasteiger partial charge in [0.1, 0.15) is 11.0 Å². The SMILES string of the molecule is CCOC(=O)/C=C/c1ccccc1/C=N/S(=O)C(C)(C)C. The minimum Gasteiger partial charge on any atom is -0.463 e. The fraction of sp³-hybridized carbons (Fsp3) is 0.375. The number of carbonyl (C=O) groups excluding carboxylic acids is 1. The highest BCUT2D eigenvalue weighted by Crippen LogP contribution is 2.14. The van der Waals surface area contributed by atoms with Gasteiger partial charge in [-0.3, -0.25) is 0 Å². The first kappa shape index (κ1) is 17.3. The van der Waals surface area contributed by atoms with E-state index in [1.807, 2.05) is 45.0 Å². The molecule has 0 saturated carbocycles. The molecule has 0 heterocycles. The Morgan fingerprint density at radius 1 is 1.29 bits per heavy atom. The topological polar surface area (TPSA) is 55.7 Å². The number of nitrogens with zero attached hydrogens (tertiary/aromatic N) is 1. The van der Waals surface area contributed by atoms with Crippen molar-refractivity contribution >= 4 is 29.2 Å². The lowest BCUT2D eigenvalue weighted by molar-refractivity contribution is -0.137. The molecular formula is C16H21NO3S. The Morgan fingerprint density at radius 3 is 2.48 bits per heavy atom. The van der Waals surface area contributed by atoms with E-state index < -0.39 is 15.7 Å². The zero-order valence-corrected chi connectivity index (χ0v) is 13.6. The van der Waals surface area contributed by atoms with Gasteiger partial charge in [0.05, 0.1) is 11.4 Å². The van der Waals surface area contributed by atoms with E-state index in [9.17, 15) is 9.00 Å². The molecule has 1 atom stereocenters. The maximum absolute atomic E-state index is 11.9. The normalized spacial score (nSPS) is 13.7.